The maximum absolute atomic E-state index is 11.2. The smallest absolute Gasteiger partial charge is 0.309 e. The van der Waals surface area contributed by atoms with Crippen molar-refractivity contribution in [3.05, 3.63) is 0 Å². The maximum atomic E-state index is 11.2. The van der Waals surface area contributed by atoms with Gasteiger partial charge >= 0.3 is 5.97 Å². The van der Waals surface area contributed by atoms with Crippen LogP contribution in [0.25, 0.3) is 0 Å². The quantitative estimate of drug-likeness (QED) is 0.665. The summed E-state index contributed by atoms with van der Waals surface area (Å²) in [6.07, 6.45) is 1.23. The third-order valence-corrected chi connectivity index (χ3v) is 3.50. The van der Waals surface area contributed by atoms with E-state index in [1.807, 2.05) is 18.7 Å². The molecule has 1 aliphatic heterocycles. The number of hydrogen-bond acceptors (Lipinski definition) is 4. The van der Waals surface area contributed by atoms with Crippen LogP contribution in [0, 0.1) is 5.92 Å². The monoisotopic (exact) mass is 217 g/mol. The molecule has 1 heterocycles. The van der Waals surface area contributed by atoms with Crippen LogP contribution < -0.4 is 0 Å². The van der Waals surface area contributed by atoms with Crippen LogP contribution in [-0.4, -0.2) is 49.1 Å². The molecule has 0 aromatic rings. The van der Waals surface area contributed by atoms with Crippen LogP contribution in [0.5, 0.6) is 0 Å². The highest BCUT2D eigenvalue weighted by Crippen LogP contribution is 2.11. The summed E-state index contributed by atoms with van der Waals surface area (Å²) in [6.45, 7) is 5.00. The van der Waals surface area contributed by atoms with Gasteiger partial charge in [-0.3, -0.25) is 4.79 Å². The van der Waals surface area contributed by atoms with E-state index < -0.39 is 0 Å². The predicted molar refractivity (Wildman–Crippen MR) is 59.6 cm³/mol. The molecule has 3 nitrogen and oxygen atoms in total. The van der Waals surface area contributed by atoms with Gasteiger partial charge in [-0.15, -0.1) is 0 Å². The summed E-state index contributed by atoms with van der Waals surface area (Å²) in [5.74, 6) is 2.35. The number of carbonyl (C=O) groups is 1. The van der Waals surface area contributed by atoms with Crippen LogP contribution in [-0.2, 0) is 9.53 Å². The van der Waals surface area contributed by atoms with Gasteiger partial charge in [-0.2, -0.15) is 11.8 Å². The molecule has 0 saturated carbocycles. The van der Waals surface area contributed by atoms with Crippen LogP contribution in [0.15, 0.2) is 0 Å². The Morgan fingerprint density at radius 2 is 2.29 bits per heavy atom. The second-order valence-electron chi connectivity index (χ2n) is 3.69. The standard InChI is InChI=1S/C10H19NO2S/c1-9(10(12)13-2)8-11-4-3-6-14-7-5-11/h9H,3-8H2,1-2H3. The van der Waals surface area contributed by atoms with Gasteiger partial charge in [0.05, 0.1) is 13.0 Å². The molecule has 1 saturated heterocycles. The number of rotatable bonds is 3. The average molecular weight is 217 g/mol. The molecule has 0 bridgehead atoms. The number of ether oxygens (including phenoxy) is 1. The number of methoxy groups -OCH3 is 1. The second-order valence-corrected chi connectivity index (χ2v) is 4.92. The normalized spacial score (nSPS) is 21.3. The molecule has 0 radical (unpaired) electrons. The summed E-state index contributed by atoms with van der Waals surface area (Å²) in [5, 5.41) is 0. The fourth-order valence-corrected chi connectivity index (χ4v) is 2.57. The van der Waals surface area contributed by atoms with E-state index in [9.17, 15) is 4.79 Å². The van der Waals surface area contributed by atoms with Gasteiger partial charge in [-0.05, 0) is 18.7 Å². The van der Waals surface area contributed by atoms with Crippen molar-refractivity contribution in [1.82, 2.24) is 4.90 Å². The first-order chi connectivity index (χ1) is 6.74. The van der Waals surface area contributed by atoms with Gasteiger partial charge in [-0.25, -0.2) is 0 Å². The zero-order chi connectivity index (χ0) is 10.4. The fraction of sp³-hybridized carbons (Fsp3) is 0.900. The summed E-state index contributed by atoms with van der Waals surface area (Å²) in [5.41, 5.74) is 0. The van der Waals surface area contributed by atoms with E-state index in [1.54, 1.807) is 0 Å². The predicted octanol–water partition coefficient (Wildman–Crippen LogP) is 1.23. The molecule has 0 aliphatic carbocycles. The Balaban J connectivity index is 2.30. The summed E-state index contributed by atoms with van der Waals surface area (Å²) in [6, 6.07) is 0. The van der Waals surface area contributed by atoms with Gasteiger partial charge in [-0.1, -0.05) is 6.92 Å². The molecule has 0 aromatic carbocycles. The largest absolute Gasteiger partial charge is 0.469 e. The lowest BCUT2D eigenvalue weighted by Crippen LogP contribution is -2.33. The Labute approximate surface area is 90.2 Å². The van der Waals surface area contributed by atoms with Gasteiger partial charge in [0.2, 0.25) is 0 Å². The van der Waals surface area contributed by atoms with Gasteiger partial charge in [0.1, 0.15) is 0 Å². The zero-order valence-corrected chi connectivity index (χ0v) is 9.81. The van der Waals surface area contributed by atoms with Crippen LogP contribution in [0.1, 0.15) is 13.3 Å². The topological polar surface area (TPSA) is 29.5 Å². The second kappa shape index (κ2) is 6.30. The Kier molecular flexibility index (Phi) is 5.33. The highest BCUT2D eigenvalue weighted by molar-refractivity contribution is 7.99. The minimum absolute atomic E-state index is 0.00287. The van der Waals surface area contributed by atoms with Crippen LogP contribution >= 0.6 is 11.8 Å². The van der Waals surface area contributed by atoms with E-state index in [2.05, 4.69) is 4.90 Å². The maximum Gasteiger partial charge on any atom is 0.309 e. The Bertz CT molecular complexity index is 179. The third kappa shape index (κ3) is 3.88. The van der Waals surface area contributed by atoms with Crippen LogP contribution in [0.2, 0.25) is 0 Å². The molecule has 1 fully saturated rings. The number of esters is 1. The van der Waals surface area contributed by atoms with Crippen LogP contribution in [0.4, 0.5) is 0 Å². The molecule has 4 heteroatoms. The molecule has 0 spiro atoms. The Hall–Kier alpha value is -0.220. The lowest BCUT2D eigenvalue weighted by atomic mass is 10.1. The van der Waals surface area contributed by atoms with Crippen molar-refractivity contribution in [2.75, 3.05) is 38.2 Å². The first-order valence-electron chi connectivity index (χ1n) is 5.12. The van der Waals surface area contributed by atoms with Gasteiger partial charge in [0.25, 0.3) is 0 Å². The van der Waals surface area contributed by atoms with Crippen molar-refractivity contribution in [3.63, 3.8) is 0 Å². The Morgan fingerprint density at radius 1 is 1.50 bits per heavy atom. The lowest BCUT2D eigenvalue weighted by molar-refractivity contribution is -0.145. The first kappa shape index (κ1) is 11.9. The highest BCUT2D eigenvalue weighted by atomic mass is 32.2. The van der Waals surface area contributed by atoms with Crippen molar-refractivity contribution < 1.29 is 9.53 Å². The fourth-order valence-electron chi connectivity index (χ4n) is 1.64. The number of carbonyl (C=O) groups excluding carboxylic acids is 1. The third-order valence-electron chi connectivity index (χ3n) is 2.45. The summed E-state index contributed by atoms with van der Waals surface area (Å²) in [4.78, 5) is 13.6. The van der Waals surface area contributed by atoms with Crippen molar-refractivity contribution in [3.8, 4) is 0 Å². The SMILES string of the molecule is COC(=O)C(C)CN1CCCSCC1. The van der Waals surface area contributed by atoms with E-state index in [-0.39, 0.29) is 11.9 Å². The molecule has 82 valence electrons. The van der Waals surface area contributed by atoms with E-state index >= 15 is 0 Å². The van der Waals surface area contributed by atoms with Crippen molar-refractivity contribution in [1.29, 1.82) is 0 Å². The number of nitrogens with zero attached hydrogens (tertiary/aromatic N) is 1. The van der Waals surface area contributed by atoms with Crippen LogP contribution in [0.3, 0.4) is 0 Å². The van der Waals surface area contributed by atoms with E-state index in [0.717, 1.165) is 19.6 Å². The molecular weight excluding hydrogens is 198 g/mol. The summed E-state index contributed by atoms with van der Waals surface area (Å²) < 4.78 is 4.71. The number of thioether (sulfide) groups is 1. The van der Waals surface area contributed by atoms with Crippen molar-refractivity contribution in [2.24, 2.45) is 5.92 Å². The number of hydrogen-bond donors (Lipinski definition) is 0. The van der Waals surface area contributed by atoms with Gasteiger partial charge in [0, 0.05) is 18.8 Å². The van der Waals surface area contributed by atoms with E-state index in [0.29, 0.717) is 0 Å². The minimum Gasteiger partial charge on any atom is -0.469 e. The highest BCUT2D eigenvalue weighted by Gasteiger charge is 2.18. The lowest BCUT2D eigenvalue weighted by Gasteiger charge is -2.22. The zero-order valence-electron chi connectivity index (χ0n) is 8.99. The summed E-state index contributed by atoms with van der Waals surface area (Å²) >= 11 is 2.00. The first-order valence-corrected chi connectivity index (χ1v) is 6.27. The molecule has 1 aliphatic rings. The van der Waals surface area contributed by atoms with E-state index in [1.165, 1.54) is 25.0 Å². The summed E-state index contributed by atoms with van der Waals surface area (Å²) in [7, 11) is 1.46. The average Bonchev–Trinajstić information content (AvgIpc) is 2.45. The minimum atomic E-state index is -0.0955. The Morgan fingerprint density at radius 3 is 3.00 bits per heavy atom. The molecule has 14 heavy (non-hydrogen) atoms. The molecule has 1 unspecified atom stereocenters. The van der Waals surface area contributed by atoms with Gasteiger partial charge in [0.15, 0.2) is 0 Å². The molecule has 0 aromatic heterocycles. The molecule has 0 N–H and O–H groups in total. The van der Waals surface area contributed by atoms with Gasteiger partial charge < -0.3 is 9.64 Å². The van der Waals surface area contributed by atoms with Crippen molar-refractivity contribution in [2.45, 2.75) is 13.3 Å². The molecule has 1 atom stereocenters. The molecular formula is C10H19NO2S. The van der Waals surface area contributed by atoms with Crippen molar-refractivity contribution >= 4 is 17.7 Å². The molecule has 0 amide bonds. The molecule has 1 rings (SSSR count). The van der Waals surface area contributed by atoms with E-state index in [4.69, 9.17) is 4.74 Å².